The van der Waals surface area contributed by atoms with Crippen LogP contribution in [0.5, 0.6) is 11.5 Å². The predicted molar refractivity (Wildman–Crippen MR) is 109 cm³/mol. The first kappa shape index (κ1) is 21.0. The Morgan fingerprint density at radius 1 is 0.929 bits per heavy atom. The molecule has 2 aromatic rings. The quantitative estimate of drug-likeness (QED) is 0.566. The van der Waals surface area contributed by atoms with Gasteiger partial charge in [0.2, 0.25) is 5.91 Å². The van der Waals surface area contributed by atoms with Crippen LogP contribution in [0.2, 0.25) is 0 Å². The van der Waals surface area contributed by atoms with Crippen LogP contribution in [-0.4, -0.2) is 31.7 Å². The molecule has 0 atom stereocenters. The molecule has 2 aromatic carbocycles. The molecule has 0 aromatic heterocycles. The summed E-state index contributed by atoms with van der Waals surface area (Å²) in [5, 5.41) is 6.84. The second kappa shape index (κ2) is 9.55. The van der Waals surface area contributed by atoms with Crippen molar-refractivity contribution in [1.82, 2.24) is 5.43 Å². The lowest BCUT2D eigenvalue weighted by Gasteiger charge is -2.09. The van der Waals surface area contributed by atoms with Crippen molar-refractivity contribution in [2.75, 3.05) is 19.5 Å². The van der Waals surface area contributed by atoms with E-state index in [1.807, 2.05) is 32.0 Å². The fourth-order valence-corrected chi connectivity index (χ4v) is 2.67. The van der Waals surface area contributed by atoms with Crippen LogP contribution in [0.25, 0.3) is 0 Å². The Labute approximate surface area is 164 Å². The molecule has 0 aliphatic heterocycles. The van der Waals surface area contributed by atoms with Crippen LogP contribution in [0.1, 0.15) is 34.8 Å². The topological polar surface area (TPSA) is 89.0 Å². The lowest BCUT2D eigenvalue weighted by atomic mass is 10.1. The number of nitrogens with one attached hydrogen (secondary N) is 2. The summed E-state index contributed by atoms with van der Waals surface area (Å²) in [5.41, 5.74) is 6.14. The van der Waals surface area contributed by atoms with Gasteiger partial charge in [0.15, 0.2) is 0 Å². The van der Waals surface area contributed by atoms with Gasteiger partial charge in [-0.05, 0) is 56.2 Å². The van der Waals surface area contributed by atoms with E-state index in [4.69, 9.17) is 9.47 Å². The highest BCUT2D eigenvalue weighted by molar-refractivity contribution is 6.06. The number of carbonyl (C=O) groups excluding carboxylic acids is 2. The maximum atomic E-state index is 12.3. The fraction of sp³-hybridized carbons (Fsp3) is 0.286. The van der Waals surface area contributed by atoms with Crippen molar-refractivity contribution >= 4 is 23.2 Å². The number of nitrogens with zero attached hydrogens (tertiary/aromatic N) is 1. The van der Waals surface area contributed by atoms with Crippen LogP contribution >= 0.6 is 0 Å². The first-order valence-corrected chi connectivity index (χ1v) is 8.75. The predicted octanol–water partition coefficient (Wildman–Crippen LogP) is 3.46. The van der Waals surface area contributed by atoms with Gasteiger partial charge in [0.1, 0.15) is 11.5 Å². The van der Waals surface area contributed by atoms with Gasteiger partial charge in [-0.2, -0.15) is 5.10 Å². The van der Waals surface area contributed by atoms with Crippen molar-refractivity contribution < 1.29 is 19.1 Å². The molecule has 148 valence electrons. The van der Waals surface area contributed by atoms with Gasteiger partial charge >= 0.3 is 0 Å². The van der Waals surface area contributed by atoms with Crippen molar-refractivity contribution in [3.63, 3.8) is 0 Å². The van der Waals surface area contributed by atoms with E-state index < -0.39 is 5.91 Å². The molecule has 28 heavy (non-hydrogen) atoms. The zero-order valence-electron chi connectivity index (χ0n) is 16.8. The lowest BCUT2D eigenvalue weighted by molar-refractivity contribution is -0.115. The third-order valence-corrected chi connectivity index (χ3v) is 3.88. The highest BCUT2D eigenvalue weighted by atomic mass is 16.5. The van der Waals surface area contributed by atoms with E-state index in [-0.39, 0.29) is 12.3 Å². The monoisotopic (exact) mass is 383 g/mol. The molecule has 0 aliphatic carbocycles. The standard InChI is InChI=1S/C21H25N3O4/c1-13-6-14(2)8-17(7-13)22-20(25)9-15(3)23-24-21(26)16-10-18(27-4)12-19(11-16)28-5/h6-8,10-12H,9H2,1-5H3,(H,22,25)(H,24,26)/b23-15+. The van der Waals surface area contributed by atoms with Gasteiger partial charge in [-0.25, -0.2) is 5.43 Å². The number of carbonyl (C=O) groups is 2. The molecular weight excluding hydrogens is 358 g/mol. The minimum Gasteiger partial charge on any atom is -0.497 e. The first-order valence-electron chi connectivity index (χ1n) is 8.75. The summed E-state index contributed by atoms with van der Waals surface area (Å²) in [4.78, 5) is 24.5. The van der Waals surface area contributed by atoms with E-state index in [9.17, 15) is 9.59 Å². The summed E-state index contributed by atoms with van der Waals surface area (Å²) in [7, 11) is 3.01. The summed E-state index contributed by atoms with van der Waals surface area (Å²) < 4.78 is 10.3. The van der Waals surface area contributed by atoms with Crippen LogP contribution < -0.4 is 20.2 Å². The number of aryl methyl sites for hydroxylation is 2. The Bertz CT molecular complexity index is 864. The average molecular weight is 383 g/mol. The normalized spacial score (nSPS) is 11.0. The van der Waals surface area contributed by atoms with Gasteiger partial charge in [-0.1, -0.05) is 6.07 Å². The number of hydrogen-bond acceptors (Lipinski definition) is 5. The summed E-state index contributed by atoms with van der Waals surface area (Å²) in [6, 6.07) is 10.7. The van der Waals surface area contributed by atoms with E-state index in [0.717, 1.165) is 16.8 Å². The van der Waals surface area contributed by atoms with Crippen molar-refractivity contribution in [3.8, 4) is 11.5 Å². The average Bonchev–Trinajstić information content (AvgIpc) is 2.64. The smallest absolute Gasteiger partial charge is 0.271 e. The largest absolute Gasteiger partial charge is 0.497 e. The van der Waals surface area contributed by atoms with E-state index in [0.29, 0.717) is 22.8 Å². The van der Waals surface area contributed by atoms with Crippen molar-refractivity contribution in [2.45, 2.75) is 27.2 Å². The third-order valence-electron chi connectivity index (χ3n) is 3.88. The Morgan fingerprint density at radius 2 is 1.50 bits per heavy atom. The number of hydrazone groups is 1. The molecule has 0 saturated heterocycles. The molecule has 2 rings (SSSR count). The molecule has 0 radical (unpaired) electrons. The summed E-state index contributed by atoms with van der Waals surface area (Å²) in [5.74, 6) is 0.367. The lowest BCUT2D eigenvalue weighted by Crippen LogP contribution is -2.21. The zero-order valence-corrected chi connectivity index (χ0v) is 16.8. The molecule has 0 heterocycles. The van der Waals surface area contributed by atoms with Gasteiger partial charge in [0.25, 0.3) is 5.91 Å². The summed E-state index contributed by atoms with van der Waals surface area (Å²) in [6.07, 6.45) is 0.0642. The molecule has 0 unspecified atom stereocenters. The van der Waals surface area contributed by atoms with E-state index >= 15 is 0 Å². The third kappa shape index (κ3) is 6.12. The van der Waals surface area contributed by atoms with Crippen LogP contribution in [0.4, 0.5) is 5.69 Å². The molecular formula is C21H25N3O4. The number of methoxy groups -OCH3 is 2. The van der Waals surface area contributed by atoms with E-state index in [1.165, 1.54) is 14.2 Å². The Hall–Kier alpha value is -3.35. The van der Waals surface area contributed by atoms with E-state index in [1.54, 1.807) is 25.1 Å². The maximum absolute atomic E-state index is 12.3. The summed E-state index contributed by atoms with van der Waals surface area (Å²) >= 11 is 0. The van der Waals surface area contributed by atoms with Crippen LogP contribution in [0, 0.1) is 13.8 Å². The highest BCUT2D eigenvalue weighted by Gasteiger charge is 2.10. The number of benzene rings is 2. The van der Waals surface area contributed by atoms with Gasteiger partial charge in [-0.3, -0.25) is 9.59 Å². The van der Waals surface area contributed by atoms with Gasteiger partial charge in [0.05, 0.1) is 20.6 Å². The molecule has 0 aliphatic rings. The van der Waals surface area contributed by atoms with Crippen molar-refractivity contribution in [2.24, 2.45) is 5.10 Å². The Morgan fingerprint density at radius 3 is 2.04 bits per heavy atom. The fourth-order valence-electron chi connectivity index (χ4n) is 2.67. The van der Waals surface area contributed by atoms with Crippen LogP contribution in [-0.2, 0) is 4.79 Å². The molecule has 0 bridgehead atoms. The highest BCUT2D eigenvalue weighted by Crippen LogP contribution is 2.22. The van der Waals surface area contributed by atoms with Gasteiger partial charge < -0.3 is 14.8 Å². The number of rotatable bonds is 7. The Balaban J connectivity index is 1.98. The maximum Gasteiger partial charge on any atom is 0.271 e. The molecule has 2 N–H and O–H groups in total. The van der Waals surface area contributed by atoms with E-state index in [2.05, 4.69) is 15.8 Å². The Kier molecular flexibility index (Phi) is 7.14. The molecule has 0 fully saturated rings. The van der Waals surface area contributed by atoms with Gasteiger partial charge in [-0.15, -0.1) is 0 Å². The van der Waals surface area contributed by atoms with Crippen molar-refractivity contribution in [1.29, 1.82) is 0 Å². The van der Waals surface area contributed by atoms with Crippen LogP contribution in [0.3, 0.4) is 0 Å². The minimum absolute atomic E-state index is 0.0642. The zero-order chi connectivity index (χ0) is 20.7. The van der Waals surface area contributed by atoms with Crippen molar-refractivity contribution in [3.05, 3.63) is 53.1 Å². The summed E-state index contributed by atoms with van der Waals surface area (Å²) in [6.45, 7) is 5.62. The first-order chi connectivity index (χ1) is 13.3. The number of ether oxygens (including phenoxy) is 2. The number of amides is 2. The van der Waals surface area contributed by atoms with Gasteiger partial charge in [0, 0.05) is 23.0 Å². The molecule has 0 saturated carbocycles. The number of hydrogen-bond donors (Lipinski definition) is 2. The number of anilines is 1. The molecule has 7 heteroatoms. The minimum atomic E-state index is -0.425. The molecule has 2 amide bonds. The second-order valence-corrected chi connectivity index (χ2v) is 6.49. The van der Waals surface area contributed by atoms with Crippen LogP contribution in [0.15, 0.2) is 41.5 Å². The molecule has 0 spiro atoms. The second-order valence-electron chi connectivity index (χ2n) is 6.49. The SMILES string of the molecule is COc1cc(OC)cc(C(=O)N/N=C(\C)CC(=O)Nc2cc(C)cc(C)c2)c1. The molecule has 7 nitrogen and oxygen atoms in total.